The number of halogens is 3. The molecule has 2 aromatic carbocycles. The Hall–Kier alpha value is -2.59. The van der Waals surface area contributed by atoms with Crippen LogP contribution < -0.4 is 10.2 Å². The molecule has 0 radical (unpaired) electrons. The second-order valence-corrected chi connectivity index (χ2v) is 7.93. The lowest BCUT2D eigenvalue weighted by Gasteiger charge is -2.37. The van der Waals surface area contributed by atoms with Crippen LogP contribution in [0.5, 0.6) is 0 Å². The number of benzene rings is 2. The van der Waals surface area contributed by atoms with Crippen molar-refractivity contribution in [2.24, 2.45) is 0 Å². The summed E-state index contributed by atoms with van der Waals surface area (Å²) in [5, 5.41) is 2.85. The van der Waals surface area contributed by atoms with Crippen LogP contribution in [0.4, 0.5) is 24.5 Å². The maximum absolute atomic E-state index is 12.9. The average molecular weight is 440 g/mol. The summed E-state index contributed by atoms with van der Waals surface area (Å²) in [6.07, 6.45) is -4.44. The van der Waals surface area contributed by atoms with Gasteiger partial charge in [-0.05, 0) is 60.5 Å². The van der Waals surface area contributed by atoms with Gasteiger partial charge < -0.3 is 19.7 Å². The fourth-order valence-corrected chi connectivity index (χ4v) is 3.68. The summed E-state index contributed by atoms with van der Waals surface area (Å²) in [4.78, 5) is 16.6. The Morgan fingerprint density at radius 3 is 2.30 bits per heavy atom. The number of rotatable bonds is 5. The largest absolute Gasteiger partial charge is 0.768 e. The molecule has 1 aliphatic rings. The van der Waals surface area contributed by atoms with Gasteiger partial charge in [0, 0.05) is 42.4 Å². The van der Waals surface area contributed by atoms with Crippen molar-refractivity contribution in [3.63, 3.8) is 0 Å². The van der Waals surface area contributed by atoms with E-state index in [9.17, 15) is 26.7 Å². The van der Waals surface area contributed by atoms with E-state index in [0.717, 1.165) is 17.8 Å². The predicted octanol–water partition coefficient (Wildman–Crippen LogP) is 3.09. The standard InChI is InChI=1S/C20H22F3N3O3S/c1-14(24-16-4-2-3-15(13-16)20(21,22)23)19(27)26-11-9-25(10-12-26)17-5-7-18(8-6-17)30(28)29/h2-8,13-14,24H,9-12H2,1H3,(H,28,29)/p-1. The topological polar surface area (TPSA) is 75.7 Å². The number of alkyl halides is 3. The zero-order valence-electron chi connectivity index (χ0n) is 16.2. The van der Waals surface area contributed by atoms with Gasteiger partial charge in [-0.25, -0.2) is 0 Å². The highest BCUT2D eigenvalue weighted by atomic mass is 32.2. The Morgan fingerprint density at radius 1 is 1.10 bits per heavy atom. The third-order valence-corrected chi connectivity index (χ3v) is 5.59. The van der Waals surface area contributed by atoms with Gasteiger partial charge in [0.15, 0.2) is 0 Å². The highest BCUT2D eigenvalue weighted by molar-refractivity contribution is 7.79. The molecule has 162 valence electrons. The monoisotopic (exact) mass is 440 g/mol. The molecule has 0 aromatic heterocycles. The Kier molecular flexibility index (Phi) is 6.67. The molecule has 0 spiro atoms. The van der Waals surface area contributed by atoms with Gasteiger partial charge in [0.1, 0.15) is 6.04 Å². The van der Waals surface area contributed by atoms with Crippen LogP contribution >= 0.6 is 0 Å². The van der Waals surface area contributed by atoms with Crippen molar-refractivity contribution in [1.29, 1.82) is 0 Å². The summed E-state index contributed by atoms with van der Waals surface area (Å²) < 4.78 is 60.5. The molecule has 3 rings (SSSR count). The Balaban J connectivity index is 1.56. The molecule has 1 fully saturated rings. The lowest BCUT2D eigenvalue weighted by Crippen LogP contribution is -2.52. The molecule has 0 aliphatic carbocycles. The maximum atomic E-state index is 12.9. The molecule has 6 nitrogen and oxygen atoms in total. The summed E-state index contributed by atoms with van der Waals surface area (Å²) in [5.41, 5.74) is 0.333. The fraction of sp³-hybridized carbons (Fsp3) is 0.350. The van der Waals surface area contributed by atoms with Crippen molar-refractivity contribution in [1.82, 2.24) is 4.90 Å². The van der Waals surface area contributed by atoms with Crippen LogP contribution in [0.25, 0.3) is 0 Å². The first-order valence-corrected chi connectivity index (χ1v) is 10.4. The van der Waals surface area contributed by atoms with Crippen LogP contribution in [-0.4, -0.2) is 51.8 Å². The normalized spacial score (nSPS) is 16.8. The molecular formula is C20H21F3N3O3S-. The number of nitrogens with one attached hydrogen (secondary N) is 1. The quantitative estimate of drug-likeness (QED) is 0.724. The molecule has 1 N–H and O–H groups in total. The third-order valence-electron chi connectivity index (χ3n) is 4.93. The molecular weight excluding hydrogens is 419 g/mol. The van der Waals surface area contributed by atoms with Gasteiger partial charge in [0.2, 0.25) is 5.91 Å². The molecule has 0 saturated carbocycles. The van der Waals surface area contributed by atoms with E-state index in [1.165, 1.54) is 24.3 Å². The molecule has 2 atom stereocenters. The fourth-order valence-electron chi connectivity index (χ4n) is 3.32. The van der Waals surface area contributed by atoms with Crippen molar-refractivity contribution >= 4 is 28.4 Å². The van der Waals surface area contributed by atoms with Crippen LogP contribution in [0.2, 0.25) is 0 Å². The molecule has 30 heavy (non-hydrogen) atoms. The smallest absolute Gasteiger partial charge is 0.416 e. The van der Waals surface area contributed by atoms with Gasteiger partial charge in [-0.15, -0.1) is 0 Å². The third kappa shape index (κ3) is 5.31. The van der Waals surface area contributed by atoms with E-state index in [1.807, 2.05) is 4.90 Å². The molecule has 0 bridgehead atoms. The van der Waals surface area contributed by atoms with Crippen LogP contribution in [-0.2, 0) is 22.1 Å². The van der Waals surface area contributed by atoms with Gasteiger partial charge in [-0.2, -0.15) is 13.2 Å². The van der Waals surface area contributed by atoms with Crippen molar-refractivity contribution in [3.05, 3.63) is 54.1 Å². The Bertz CT molecular complexity index is 914. The average Bonchev–Trinajstić information content (AvgIpc) is 2.73. The lowest BCUT2D eigenvalue weighted by atomic mass is 10.1. The van der Waals surface area contributed by atoms with Crippen molar-refractivity contribution in [3.8, 4) is 0 Å². The van der Waals surface area contributed by atoms with Crippen molar-refractivity contribution < 1.29 is 26.7 Å². The minimum Gasteiger partial charge on any atom is -0.768 e. The summed E-state index contributed by atoms with van der Waals surface area (Å²) in [5.74, 6) is -0.191. The van der Waals surface area contributed by atoms with Crippen molar-refractivity contribution in [2.75, 3.05) is 36.4 Å². The van der Waals surface area contributed by atoms with E-state index in [4.69, 9.17) is 0 Å². The number of carbonyl (C=O) groups is 1. The summed E-state index contributed by atoms with van der Waals surface area (Å²) >= 11 is -2.27. The molecule has 1 aliphatic heterocycles. The molecule has 1 saturated heterocycles. The van der Waals surface area contributed by atoms with E-state index < -0.39 is 28.9 Å². The first-order chi connectivity index (χ1) is 14.1. The van der Waals surface area contributed by atoms with Crippen LogP contribution in [0.15, 0.2) is 53.4 Å². The number of hydrogen-bond acceptors (Lipinski definition) is 5. The van der Waals surface area contributed by atoms with Gasteiger partial charge in [-0.1, -0.05) is 6.07 Å². The van der Waals surface area contributed by atoms with E-state index in [1.54, 1.807) is 24.0 Å². The second kappa shape index (κ2) is 9.05. The SMILES string of the molecule is CC(Nc1cccc(C(F)(F)F)c1)C(=O)N1CCN(c2ccc(S(=O)[O-])cc2)CC1. The zero-order valence-corrected chi connectivity index (χ0v) is 17.0. The molecule has 1 heterocycles. The first-order valence-electron chi connectivity index (χ1n) is 9.32. The Morgan fingerprint density at radius 2 is 1.73 bits per heavy atom. The van der Waals surface area contributed by atoms with Gasteiger partial charge in [0.05, 0.1) is 5.56 Å². The summed E-state index contributed by atoms with van der Waals surface area (Å²) in [6.45, 7) is 3.69. The van der Waals surface area contributed by atoms with Crippen LogP contribution in [0, 0.1) is 0 Å². The molecule has 1 amide bonds. The molecule has 10 heteroatoms. The van der Waals surface area contributed by atoms with E-state index >= 15 is 0 Å². The lowest BCUT2D eigenvalue weighted by molar-refractivity contribution is -0.137. The van der Waals surface area contributed by atoms with Crippen LogP contribution in [0.1, 0.15) is 12.5 Å². The number of piperazine rings is 1. The summed E-state index contributed by atoms with van der Waals surface area (Å²) in [6, 6.07) is 10.6. The second-order valence-electron chi connectivity index (χ2n) is 6.99. The van der Waals surface area contributed by atoms with Gasteiger partial charge >= 0.3 is 6.18 Å². The maximum Gasteiger partial charge on any atom is 0.416 e. The number of carbonyl (C=O) groups excluding carboxylic acids is 1. The molecule has 2 aromatic rings. The highest BCUT2D eigenvalue weighted by Crippen LogP contribution is 2.30. The number of amides is 1. The minimum absolute atomic E-state index is 0.191. The van der Waals surface area contributed by atoms with Gasteiger partial charge in [-0.3, -0.25) is 9.00 Å². The van der Waals surface area contributed by atoms with E-state index in [0.29, 0.717) is 26.2 Å². The summed E-state index contributed by atoms with van der Waals surface area (Å²) in [7, 11) is 0. The number of anilines is 2. The first kappa shape index (κ1) is 22.1. The number of hydrogen-bond donors (Lipinski definition) is 1. The van der Waals surface area contributed by atoms with Crippen molar-refractivity contribution in [2.45, 2.75) is 24.0 Å². The Labute approximate surface area is 175 Å². The number of nitrogens with zero attached hydrogens (tertiary/aromatic N) is 2. The van der Waals surface area contributed by atoms with Gasteiger partial charge in [0.25, 0.3) is 0 Å². The molecule has 2 unspecified atom stereocenters. The van der Waals surface area contributed by atoms with Crippen LogP contribution in [0.3, 0.4) is 0 Å². The highest BCUT2D eigenvalue weighted by Gasteiger charge is 2.31. The van der Waals surface area contributed by atoms with E-state index in [2.05, 4.69) is 5.32 Å². The van der Waals surface area contributed by atoms with E-state index in [-0.39, 0.29) is 16.5 Å². The zero-order chi connectivity index (χ0) is 21.9. The minimum atomic E-state index is -4.44. The predicted molar refractivity (Wildman–Crippen MR) is 107 cm³/mol.